The van der Waals surface area contributed by atoms with Crippen LogP contribution in [0.15, 0.2) is 12.4 Å². The minimum Gasteiger partial charge on any atom is -0.394 e. The molecule has 1 unspecified atom stereocenters. The second kappa shape index (κ2) is 4.41. The lowest BCUT2D eigenvalue weighted by molar-refractivity contribution is 0.00339. The predicted octanol–water partition coefficient (Wildman–Crippen LogP) is -0.744. The van der Waals surface area contributed by atoms with Gasteiger partial charge in [0, 0.05) is 25.5 Å². The zero-order chi connectivity index (χ0) is 10.7. The molecule has 1 fully saturated rings. The van der Waals surface area contributed by atoms with Crippen LogP contribution in [-0.4, -0.2) is 47.5 Å². The molecule has 0 aliphatic carbocycles. The molecule has 6 nitrogen and oxygen atoms in total. The summed E-state index contributed by atoms with van der Waals surface area (Å²) < 4.78 is 5.34. The Morgan fingerprint density at radius 3 is 3.07 bits per heavy atom. The molecule has 1 aromatic rings. The topological polar surface area (TPSA) is 84.5 Å². The SMILES string of the molecule is Nc1nccnc1N1CCOC(CO)C1. The van der Waals surface area contributed by atoms with Gasteiger partial charge in [0.15, 0.2) is 11.6 Å². The lowest BCUT2D eigenvalue weighted by Gasteiger charge is -2.32. The standard InChI is InChI=1S/C9H14N4O2/c10-8-9(12-2-1-11-8)13-3-4-15-7(5-13)6-14/h1-2,7,14H,3-6H2,(H2,10,11). The van der Waals surface area contributed by atoms with Crippen LogP contribution in [0.3, 0.4) is 0 Å². The minimum atomic E-state index is -0.167. The van der Waals surface area contributed by atoms with Crippen LogP contribution in [0.4, 0.5) is 11.6 Å². The van der Waals surface area contributed by atoms with Crippen LogP contribution in [0.25, 0.3) is 0 Å². The van der Waals surface area contributed by atoms with E-state index in [0.717, 1.165) is 6.54 Å². The highest BCUT2D eigenvalue weighted by Crippen LogP contribution is 2.19. The molecule has 3 N–H and O–H groups in total. The van der Waals surface area contributed by atoms with Gasteiger partial charge in [-0.2, -0.15) is 0 Å². The van der Waals surface area contributed by atoms with Crippen molar-refractivity contribution < 1.29 is 9.84 Å². The van der Waals surface area contributed by atoms with Gasteiger partial charge in [-0.1, -0.05) is 0 Å². The summed E-state index contributed by atoms with van der Waals surface area (Å²) >= 11 is 0. The van der Waals surface area contributed by atoms with Crippen LogP contribution in [0.1, 0.15) is 0 Å². The van der Waals surface area contributed by atoms with E-state index in [2.05, 4.69) is 9.97 Å². The van der Waals surface area contributed by atoms with E-state index in [9.17, 15) is 0 Å². The van der Waals surface area contributed by atoms with Gasteiger partial charge in [-0.05, 0) is 0 Å². The van der Waals surface area contributed by atoms with Gasteiger partial charge in [-0.15, -0.1) is 0 Å². The molecule has 1 atom stereocenters. The van der Waals surface area contributed by atoms with Crippen LogP contribution in [0, 0.1) is 0 Å². The molecule has 0 aromatic carbocycles. The summed E-state index contributed by atoms with van der Waals surface area (Å²) in [7, 11) is 0. The monoisotopic (exact) mass is 210 g/mol. The second-order valence-electron chi connectivity index (χ2n) is 3.39. The third kappa shape index (κ3) is 2.16. The molecule has 15 heavy (non-hydrogen) atoms. The Bertz CT molecular complexity index is 334. The normalized spacial score (nSPS) is 21.7. The summed E-state index contributed by atoms with van der Waals surface area (Å²) in [4.78, 5) is 10.1. The van der Waals surface area contributed by atoms with E-state index >= 15 is 0 Å². The maximum absolute atomic E-state index is 9.01. The number of ether oxygens (including phenoxy) is 1. The number of anilines is 2. The zero-order valence-electron chi connectivity index (χ0n) is 8.33. The quantitative estimate of drug-likeness (QED) is 0.668. The van der Waals surface area contributed by atoms with Crippen molar-refractivity contribution in [3.8, 4) is 0 Å². The van der Waals surface area contributed by atoms with Gasteiger partial charge in [0.1, 0.15) is 0 Å². The lowest BCUT2D eigenvalue weighted by Crippen LogP contribution is -2.44. The number of aliphatic hydroxyl groups excluding tert-OH is 1. The third-order valence-corrected chi connectivity index (χ3v) is 2.35. The molecule has 1 aliphatic heterocycles. The van der Waals surface area contributed by atoms with E-state index in [1.54, 1.807) is 12.4 Å². The number of nitrogen functional groups attached to an aromatic ring is 1. The number of morpholine rings is 1. The molecule has 1 aliphatic rings. The maximum atomic E-state index is 9.01. The Morgan fingerprint density at radius 1 is 1.53 bits per heavy atom. The summed E-state index contributed by atoms with van der Waals surface area (Å²) in [5.41, 5.74) is 5.72. The first-order chi connectivity index (χ1) is 7.31. The second-order valence-corrected chi connectivity index (χ2v) is 3.39. The summed E-state index contributed by atoms with van der Waals surface area (Å²) in [5.74, 6) is 1.08. The van der Waals surface area contributed by atoms with Crippen molar-refractivity contribution >= 4 is 11.6 Å². The molecule has 1 saturated heterocycles. The van der Waals surface area contributed by atoms with Crippen LogP contribution in [0.5, 0.6) is 0 Å². The van der Waals surface area contributed by atoms with Crippen molar-refractivity contribution in [2.24, 2.45) is 0 Å². The third-order valence-electron chi connectivity index (χ3n) is 2.35. The molecular weight excluding hydrogens is 196 g/mol. The Balaban J connectivity index is 2.13. The molecular formula is C9H14N4O2. The molecule has 2 rings (SSSR count). The van der Waals surface area contributed by atoms with Crippen molar-refractivity contribution in [2.75, 3.05) is 36.9 Å². The summed E-state index contributed by atoms with van der Waals surface area (Å²) in [6, 6.07) is 0. The highest BCUT2D eigenvalue weighted by molar-refractivity contribution is 5.57. The van der Waals surface area contributed by atoms with Gasteiger partial charge >= 0.3 is 0 Å². The van der Waals surface area contributed by atoms with E-state index in [1.807, 2.05) is 4.90 Å². The van der Waals surface area contributed by atoms with Gasteiger partial charge < -0.3 is 20.5 Å². The number of nitrogens with zero attached hydrogens (tertiary/aromatic N) is 3. The van der Waals surface area contributed by atoms with Gasteiger partial charge in [0.25, 0.3) is 0 Å². The Kier molecular flexibility index (Phi) is 2.98. The van der Waals surface area contributed by atoms with Gasteiger partial charge in [0.2, 0.25) is 0 Å². The minimum absolute atomic E-state index is 0.0106. The Morgan fingerprint density at radius 2 is 2.33 bits per heavy atom. The first-order valence-electron chi connectivity index (χ1n) is 4.85. The fourth-order valence-corrected chi connectivity index (χ4v) is 1.61. The van der Waals surface area contributed by atoms with Gasteiger partial charge in [-0.25, -0.2) is 9.97 Å². The summed E-state index contributed by atoms with van der Waals surface area (Å²) in [5, 5.41) is 9.01. The largest absolute Gasteiger partial charge is 0.394 e. The average molecular weight is 210 g/mol. The van der Waals surface area contributed by atoms with E-state index in [-0.39, 0.29) is 12.7 Å². The molecule has 0 amide bonds. The van der Waals surface area contributed by atoms with E-state index in [0.29, 0.717) is 24.8 Å². The van der Waals surface area contributed by atoms with Crippen molar-refractivity contribution in [3.63, 3.8) is 0 Å². The highest BCUT2D eigenvalue weighted by Gasteiger charge is 2.22. The molecule has 1 aromatic heterocycles. The molecule has 0 bridgehead atoms. The van der Waals surface area contributed by atoms with Crippen molar-refractivity contribution in [2.45, 2.75) is 6.10 Å². The molecule has 0 spiro atoms. The summed E-state index contributed by atoms with van der Waals surface area (Å²) in [6.07, 6.45) is 3.00. The molecule has 6 heteroatoms. The molecule has 2 heterocycles. The molecule has 0 radical (unpaired) electrons. The predicted molar refractivity (Wildman–Crippen MR) is 55.5 cm³/mol. The van der Waals surface area contributed by atoms with Crippen LogP contribution in [0.2, 0.25) is 0 Å². The number of aliphatic hydroxyl groups is 1. The number of aromatic nitrogens is 2. The Hall–Kier alpha value is -1.40. The Labute approximate surface area is 87.7 Å². The van der Waals surface area contributed by atoms with E-state index < -0.39 is 0 Å². The fourth-order valence-electron chi connectivity index (χ4n) is 1.61. The van der Waals surface area contributed by atoms with Crippen LogP contribution < -0.4 is 10.6 Å². The first-order valence-corrected chi connectivity index (χ1v) is 4.85. The van der Waals surface area contributed by atoms with Crippen LogP contribution >= 0.6 is 0 Å². The molecule has 82 valence electrons. The van der Waals surface area contributed by atoms with Gasteiger partial charge in [0.05, 0.1) is 19.3 Å². The average Bonchev–Trinajstić information content (AvgIpc) is 2.30. The lowest BCUT2D eigenvalue weighted by atomic mass is 10.3. The van der Waals surface area contributed by atoms with E-state index in [1.165, 1.54) is 0 Å². The zero-order valence-corrected chi connectivity index (χ0v) is 8.33. The first kappa shape index (κ1) is 10.1. The number of hydrogen-bond acceptors (Lipinski definition) is 6. The molecule has 0 saturated carbocycles. The maximum Gasteiger partial charge on any atom is 0.171 e. The van der Waals surface area contributed by atoms with E-state index in [4.69, 9.17) is 15.6 Å². The number of rotatable bonds is 2. The fraction of sp³-hybridized carbons (Fsp3) is 0.556. The van der Waals surface area contributed by atoms with Crippen molar-refractivity contribution in [1.29, 1.82) is 0 Å². The van der Waals surface area contributed by atoms with Crippen molar-refractivity contribution in [3.05, 3.63) is 12.4 Å². The van der Waals surface area contributed by atoms with Crippen LogP contribution in [-0.2, 0) is 4.74 Å². The smallest absolute Gasteiger partial charge is 0.171 e. The summed E-state index contributed by atoms with van der Waals surface area (Å²) in [6.45, 7) is 1.90. The highest BCUT2D eigenvalue weighted by atomic mass is 16.5. The van der Waals surface area contributed by atoms with Gasteiger partial charge in [-0.3, -0.25) is 0 Å². The number of nitrogens with two attached hydrogens (primary N) is 1. The number of hydrogen-bond donors (Lipinski definition) is 2. The van der Waals surface area contributed by atoms with Crippen molar-refractivity contribution in [1.82, 2.24) is 9.97 Å².